The summed E-state index contributed by atoms with van der Waals surface area (Å²) in [6.07, 6.45) is 0.0119. The topological polar surface area (TPSA) is 55.8 Å². The monoisotopic (exact) mass is 218 g/mol. The maximum Gasteiger partial charge on any atom is 0.306 e. The normalized spacial score (nSPS) is 13.5. The van der Waals surface area contributed by atoms with Gasteiger partial charge in [0.2, 0.25) is 0 Å². The third-order valence-electron chi connectivity index (χ3n) is 2.27. The fourth-order valence-corrected chi connectivity index (χ4v) is 1.42. The molecule has 0 aliphatic rings. The van der Waals surface area contributed by atoms with Crippen molar-refractivity contribution in [1.29, 1.82) is 0 Å². The summed E-state index contributed by atoms with van der Waals surface area (Å²) in [4.78, 5) is 11.0. The molecule has 0 heterocycles. The van der Waals surface area contributed by atoms with Gasteiger partial charge >= 0.3 is 5.97 Å². The minimum absolute atomic E-state index is 0.0888. The molecule has 0 aliphatic heterocycles. The maximum atomic E-state index is 11.0. The Morgan fingerprint density at radius 2 is 1.67 bits per heavy atom. The van der Waals surface area contributed by atoms with Gasteiger partial charge in [-0.3, -0.25) is 4.79 Å². The van der Waals surface area contributed by atoms with Gasteiger partial charge in [-0.25, -0.2) is 0 Å². The largest absolute Gasteiger partial charge is 0.481 e. The first-order valence-electron chi connectivity index (χ1n) is 5.48. The van der Waals surface area contributed by atoms with Crippen LogP contribution in [0.2, 0.25) is 0 Å². The van der Waals surface area contributed by atoms with Gasteiger partial charge in [-0.1, -0.05) is 13.8 Å². The molecule has 0 saturated carbocycles. The van der Waals surface area contributed by atoms with Gasteiger partial charge in [-0.2, -0.15) is 0 Å². The lowest BCUT2D eigenvalue weighted by Crippen LogP contribution is -2.28. The first-order chi connectivity index (χ1) is 7.02. The van der Waals surface area contributed by atoms with Crippen LogP contribution in [0.15, 0.2) is 0 Å². The maximum absolute atomic E-state index is 11.0. The molecule has 0 spiro atoms. The number of hydrogen-bond donors (Lipinski definition) is 1. The average Bonchev–Trinajstić information content (AvgIpc) is 2.13. The summed E-state index contributed by atoms with van der Waals surface area (Å²) in [7, 11) is 0. The molecule has 0 amide bonds. The van der Waals surface area contributed by atoms with Crippen LogP contribution in [0.5, 0.6) is 0 Å². The van der Waals surface area contributed by atoms with Gasteiger partial charge in [0.15, 0.2) is 6.29 Å². The highest BCUT2D eigenvalue weighted by Gasteiger charge is 2.26. The van der Waals surface area contributed by atoms with Gasteiger partial charge < -0.3 is 14.6 Å². The smallest absolute Gasteiger partial charge is 0.306 e. The average molecular weight is 218 g/mol. The number of ether oxygens (including phenoxy) is 2. The highest BCUT2D eigenvalue weighted by Crippen LogP contribution is 2.19. The Bertz CT molecular complexity index is 173. The van der Waals surface area contributed by atoms with Crippen LogP contribution >= 0.6 is 0 Å². The van der Waals surface area contributed by atoms with Crippen LogP contribution in [-0.2, 0) is 14.3 Å². The Hall–Kier alpha value is -0.610. The van der Waals surface area contributed by atoms with Crippen LogP contribution < -0.4 is 0 Å². The molecule has 0 rings (SSSR count). The van der Waals surface area contributed by atoms with Crippen molar-refractivity contribution in [2.45, 2.75) is 40.4 Å². The van der Waals surface area contributed by atoms with E-state index in [2.05, 4.69) is 0 Å². The van der Waals surface area contributed by atoms with Crippen molar-refractivity contribution in [3.63, 3.8) is 0 Å². The van der Waals surface area contributed by atoms with Gasteiger partial charge in [-0.05, 0) is 19.8 Å². The van der Waals surface area contributed by atoms with E-state index in [0.29, 0.717) is 19.6 Å². The molecule has 1 N–H and O–H groups in total. The molecule has 0 fully saturated rings. The van der Waals surface area contributed by atoms with E-state index in [9.17, 15) is 4.79 Å². The van der Waals surface area contributed by atoms with Gasteiger partial charge in [0.1, 0.15) is 0 Å². The van der Waals surface area contributed by atoms with Crippen LogP contribution in [0.4, 0.5) is 0 Å². The Balaban J connectivity index is 4.25. The second kappa shape index (κ2) is 7.65. The minimum atomic E-state index is -0.783. The van der Waals surface area contributed by atoms with Gasteiger partial charge in [0, 0.05) is 19.6 Å². The van der Waals surface area contributed by atoms with Crippen molar-refractivity contribution in [2.75, 3.05) is 13.2 Å². The molecule has 0 radical (unpaired) electrons. The van der Waals surface area contributed by atoms with Crippen LogP contribution in [0.3, 0.4) is 0 Å². The zero-order valence-electron chi connectivity index (χ0n) is 10.0. The zero-order chi connectivity index (χ0) is 11.8. The number of carbonyl (C=O) groups is 1. The van der Waals surface area contributed by atoms with Crippen LogP contribution in [-0.4, -0.2) is 30.6 Å². The molecule has 4 nitrogen and oxygen atoms in total. The van der Waals surface area contributed by atoms with Crippen molar-refractivity contribution in [2.24, 2.45) is 11.8 Å². The molecule has 90 valence electrons. The summed E-state index contributed by atoms with van der Waals surface area (Å²) in [5, 5.41) is 9.02. The summed E-state index contributed by atoms with van der Waals surface area (Å²) in [6.45, 7) is 8.61. The number of hydrogen-bond acceptors (Lipinski definition) is 3. The van der Waals surface area contributed by atoms with Crippen LogP contribution in [0.1, 0.15) is 34.1 Å². The number of carboxylic acid groups (broad SMARTS) is 1. The van der Waals surface area contributed by atoms with E-state index in [1.807, 2.05) is 27.7 Å². The summed E-state index contributed by atoms with van der Waals surface area (Å²) in [6, 6.07) is 0. The van der Waals surface area contributed by atoms with Crippen molar-refractivity contribution in [3.8, 4) is 0 Å². The second-order valence-corrected chi connectivity index (χ2v) is 3.76. The molecular formula is C11H22O4. The standard InChI is InChI=1S/C11H22O4/c1-5-14-10(15-6-2)7-9(8(3)4)11(12)13/h8-10H,5-7H2,1-4H3,(H,12,13)/t9-/m1/s1. The Morgan fingerprint density at radius 3 is 1.93 bits per heavy atom. The molecule has 1 atom stereocenters. The Labute approximate surface area is 91.6 Å². The van der Waals surface area contributed by atoms with Crippen molar-refractivity contribution in [3.05, 3.63) is 0 Å². The van der Waals surface area contributed by atoms with E-state index in [1.54, 1.807) is 0 Å². The van der Waals surface area contributed by atoms with Crippen molar-refractivity contribution in [1.82, 2.24) is 0 Å². The highest BCUT2D eigenvalue weighted by atomic mass is 16.7. The number of carboxylic acids is 1. The summed E-state index contributed by atoms with van der Waals surface area (Å²) >= 11 is 0. The van der Waals surface area contributed by atoms with E-state index in [1.165, 1.54) is 0 Å². The van der Waals surface area contributed by atoms with Gasteiger partial charge in [0.25, 0.3) is 0 Å². The molecule has 0 bridgehead atoms. The molecule has 0 aromatic carbocycles. The lowest BCUT2D eigenvalue weighted by molar-refractivity contribution is -0.163. The SMILES string of the molecule is CCOC(C[C@@H](C(=O)O)C(C)C)OCC. The predicted octanol–water partition coefficient (Wildman–Crippen LogP) is 2.13. The molecule has 0 saturated heterocycles. The zero-order valence-corrected chi connectivity index (χ0v) is 10.0. The fraction of sp³-hybridized carbons (Fsp3) is 0.909. The van der Waals surface area contributed by atoms with E-state index in [-0.39, 0.29) is 5.92 Å². The van der Waals surface area contributed by atoms with Gasteiger partial charge in [0.05, 0.1) is 5.92 Å². The molecule has 0 aliphatic carbocycles. The highest BCUT2D eigenvalue weighted by molar-refractivity contribution is 5.70. The number of rotatable bonds is 8. The summed E-state index contributed by atoms with van der Waals surface area (Å²) < 4.78 is 10.7. The molecule has 15 heavy (non-hydrogen) atoms. The van der Waals surface area contributed by atoms with E-state index in [0.717, 1.165) is 0 Å². The van der Waals surface area contributed by atoms with E-state index < -0.39 is 18.2 Å². The molecule has 4 heteroatoms. The molecule has 0 aromatic rings. The quantitative estimate of drug-likeness (QED) is 0.634. The fourth-order valence-electron chi connectivity index (χ4n) is 1.42. The summed E-state index contributed by atoms with van der Waals surface area (Å²) in [5.74, 6) is -1.10. The molecular weight excluding hydrogens is 196 g/mol. The summed E-state index contributed by atoms with van der Waals surface area (Å²) in [5.41, 5.74) is 0. The molecule has 0 unspecified atom stereocenters. The minimum Gasteiger partial charge on any atom is -0.481 e. The Kier molecular flexibility index (Phi) is 7.34. The predicted molar refractivity (Wildman–Crippen MR) is 57.6 cm³/mol. The van der Waals surface area contributed by atoms with Crippen LogP contribution in [0, 0.1) is 11.8 Å². The first-order valence-corrected chi connectivity index (χ1v) is 5.48. The van der Waals surface area contributed by atoms with Gasteiger partial charge in [-0.15, -0.1) is 0 Å². The second-order valence-electron chi connectivity index (χ2n) is 3.76. The van der Waals surface area contributed by atoms with E-state index >= 15 is 0 Å². The van der Waals surface area contributed by atoms with Crippen molar-refractivity contribution >= 4 is 5.97 Å². The van der Waals surface area contributed by atoms with E-state index in [4.69, 9.17) is 14.6 Å². The van der Waals surface area contributed by atoms with Crippen LogP contribution in [0.25, 0.3) is 0 Å². The third-order valence-corrected chi connectivity index (χ3v) is 2.27. The third kappa shape index (κ3) is 5.74. The lowest BCUT2D eigenvalue weighted by atomic mass is 9.92. The molecule has 0 aromatic heterocycles. The Morgan fingerprint density at radius 1 is 1.20 bits per heavy atom. The first kappa shape index (κ1) is 14.4. The number of aliphatic carboxylic acids is 1. The van der Waals surface area contributed by atoms with Crippen molar-refractivity contribution < 1.29 is 19.4 Å². The lowest BCUT2D eigenvalue weighted by Gasteiger charge is -2.23.